The molecule has 1 rings (SSSR count). The molecule has 0 heterocycles. The fourth-order valence-electron chi connectivity index (χ4n) is 1.35. The highest BCUT2D eigenvalue weighted by molar-refractivity contribution is 9.10. The van der Waals surface area contributed by atoms with Gasteiger partial charge in [0.15, 0.2) is 5.75 Å². The van der Waals surface area contributed by atoms with Crippen LogP contribution in [0.5, 0.6) is 11.5 Å². The van der Waals surface area contributed by atoms with Crippen LogP contribution in [0, 0.1) is 6.92 Å². The molecule has 0 radical (unpaired) electrons. The lowest BCUT2D eigenvalue weighted by Crippen LogP contribution is -2.03. The predicted molar refractivity (Wildman–Crippen MR) is 58.9 cm³/mol. The Morgan fingerprint density at radius 1 is 1.33 bits per heavy atom. The Kier molecular flexibility index (Phi) is 3.57. The number of hydrogen-bond donors (Lipinski definition) is 1. The topological polar surface area (TPSA) is 55.8 Å². The normalized spacial score (nSPS) is 9.87. The summed E-state index contributed by atoms with van der Waals surface area (Å²) >= 11 is 3.26. The average molecular weight is 275 g/mol. The van der Waals surface area contributed by atoms with Gasteiger partial charge >= 0.3 is 5.97 Å². The van der Waals surface area contributed by atoms with Gasteiger partial charge in [-0.2, -0.15) is 0 Å². The number of carboxylic acids is 1. The highest BCUT2D eigenvalue weighted by Crippen LogP contribution is 2.39. The van der Waals surface area contributed by atoms with Gasteiger partial charge in [0.1, 0.15) is 15.8 Å². The average Bonchev–Trinajstić information content (AvgIpc) is 2.17. The number of halogens is 1. The van der Waals surface area contributed by atoms with Crippen LogP contribution in [0.2, 0.25) is 0 Å². The number of carboxylic acid groups (broad SMARTS) is 1. The van der Waals surface area contributed by atoms with E-state index < -0.39 is 5.97 Å². The molecule has 0 aliphatic carbocycles. The summed E-state index contributed by atoms with van der Waals surface area (Å²) in [6.07, 6.45) is 0. The van der Waals surface area contributed by atoms with E-state index >= 15 is 0 Å². The van der Waals surface area contributed by atoms with Gasteiger partial charge in [0, 0.05) is 0 Å². The van der Waals surface area contributed by atoms with Gasteiger partial charge in [-0.3, -0.25) is 0 Å². The lowest BCUT2D eigenvalue weighted by atomic mass is 10.1. The number of benzene rings is 1. The van der Waals surface area contributed by atoms with Crippen molar-refractivity contribution in [3.05, 3.63) is 21.7 Å². The number of aromatic carboxylic acids is 1. The van der Waals surface area contributed by atoms with Crippen molar-refractivity contribution in [2.75, 3.05) is 14.2 Å². The first-order valence-corrected chi connectivity index (χ1v) is 4.96. The van der Waals surface area contributed by atoms with E-state index in [1.165, 1.54) is 20.3 Å². The molecule has 0 aliphatic heterocycles. The fourth-order valence-corrected chi connectivity index (χ4v) is 2.20. The minimum Gasteiger partial charge on any atom is -0.495 e. The van der Waals surface area contributed by atoms with Crippen molar-refractivity contribution in [1.29, 1.82) is 0 Å². The van der Waals surface area contributed by atoms with Crippen molar-refractivity contribution >= 4 is 21.9 Å². The number of ether oxygens (including phenoxy) is 2. The van der Waals surface area contributed by atoms with Gasteiger partial charge in [-0.05, 0) is 34.5 Å². The molecule has 0 atom stereocenters. The molecule has 1 aromatic carbocycles. The first-order valence-electron chi connectivity index (χ1n) is 4.17. The molecule has 0 aromatic heterocycles. The molecule has 0 unspecified atom stereocenters. The van der Waals surface area contributed by atoms with E-state index in [4.69, 9.17) is 14.6 Å². The van der Waals surface area contributed by atoms with Crippen LogP contribution in [0.4, 0.5) is 0 Å². The molecule has 15 heavy (non-hydrogen) atoms. The fraction of sp³-hybridized carbons (Fsp3) is 0.300. The monoisotopic (exact) mass is 274 g/mol. The zero-order chi connectivity index (χ0) is 11.6. The maximum absolute atomic E-state index is 10.9. The number of methoxy groups -OCH3 is 2. The van der Waals surface area contributed by atoms with Crippen LogP contribution >= 0.6 is 15.9 Å². The second kappa shape index (κ2) is 4.53. The molecular weight excluding hydrogens is 264 g/mol. The summed E-state index contributed by atoms with van der Waals surface area (Å²) in [6, 6.07) is 1.52. The van der Waals surface area contributed by atoms with E-state index in [0.29, 0.717) is 10.2 Å². The maximum Gasteiger partial charge on any atom is 0.339 e. The SMILES string of the molecule is COc1c(C)cc(C(=O)O)c(OC)c1Br. The molecule has 0 bridgehead atoms. The number of hydrogen-bond acceptors (Lipinski definition) is 3. The molecule has 0 aliphatic rings. The molecule has 0 saturated heterocycles. The van der Waals surface area contributed by atoms with Crippen molar-refractivity contribution in [3.8, 4) is 11.5 Å². The minimum atomic E-state index is -1.03. The molecule has 1 aromatic rings. The number of aryl methyl sites for hydroxylation is 1. The van der Waals surface area contributed by atoms with Crippen LogP contribution in [-0.2, 0) is 0 Å². The van der Waals surface area contributed by atoms with Gasteiger partial charge in [0.2, 0.25) is 0 Å². The van der Waals surface area contributed by atoms with Crippen LogP contribution in [-0.4, -0.2) is 25.3 Å². The van der Waals surface area contributed by atoms with Gasteiger partial charge in [-0.15, -0.1) is 0 Å². The minimum absolute atomic E-state index is 0.114. The summed E-state index contributed by atoms with van der Waals surface area (Å²) < 4.78 is 10.7. The van der Waals surface area contributed by atoms with Crippen LogP contribution in [0.1, 0.15) is 15.9 Å². The van der Waals surface area contributed by atoms with Gasteiger partial charge in [-0.25, -0.2) is 4.79 Å². The lowest BCUT2D eigenvalue weighted by molar-refractivity contribution is 0.0693. The van der Waals surface area contributed by atoms with Crippen LogP contribution in [0.3, 0.4) is 0 Å². The van der Waals surface area contributed by atoms with E-state index in [9.17, 15) is 4.79 Å². The summed E-state index contributed by atoms with van der Waals surface area (Å²) in [5.41, 5.74) is 0.852. The van der Waals surface area contributed by atoms with Crippen molar-refractivity contribution in [2.45, 2.75) is 6.92 Å². The first-order chi connectivity index (χ1) is 7.02. The van der Waals surface area contributed by atoms with Crippen molar-refractivity contribution in [2.24, 2.45) is 0 Å². The number of rotatable bonds is 3. The van der Waals surface area contributed by atoms with Gasteiger partial charge < -0.3 is 14.6 Å². The Balaban J connectivity index is 3.51. The van der Waals surface area contributed by atoms with Crippen molar-refractivity contribution in [1.82, 2.24) is 0 Å². The summed E-state index contributed by atoms with van der Waals surface area (Å²) in [5, 5.41) is 8.97. The summed E-state index contributed by atoms with van der Waals surface area (Å²) in [6.45, 7) is 1.77. The quantitative estimate of drug-likeness (QED) is 0.920. The third-order valence-electron chi connectivity index (χ3n) is 2.00. The summed E-state index contributed by atoms with van der Waals surface area (Å²) in [4.78, 5) is 10.9. The summed E-state index contributed by atoms with van der Waals surface area (Å²) in [5.74, 6) is -0.180. The second-order valence-electron chi connectivity index (χ2n) is 2.93. The largest absolute Gasteiger partial charge is 0.495 e. The highest BCUT2D eigenvalue weighted by atomic mass is 79.9. The zero-order valence-electron chi connectivity index (χ0n) is 8.63. The van der Waals surface area contributed by atoms with Crippen molar-refractivity contribution in [3.63, 3.8) is 0 Å². The van der Waals surface area contributed by atoms with Gasteiger partial charge in [0.05, 0.1) is 14.2 Å². The Hall–Kier alpha value is -1.23. The third-order valence-corrected chi connectivity index (χ3v) is 2.72. The molecular formula is C10H11BrO4. The van der Waals surface area contributed by atoms with Crippen molar-refractivity contribution < 1.29 is 19.4 Å². The molecule has 0 spiro atoms. The molecule has 5 heteroatoms. The lowest BCUT2D eigenvalue weighted by Gasteiger charge is -2.13. The van der Waals surface area contributed by atoms with E-state index in [0.717, 1.165) is 5.56 Å². The second-order valence-corrected chi connectivity index (χ2v) is 3.72. The molecule has 0 saturated carbocycles. The molecule has 0 fully saturated rings. The van der Waals surface area contributed by atoms with Crippen LogP contribution < -0.4 is 9.47 Å². The van der Waals surface area contributed by atoms with Gasteiger partial charge in [-0.1, -0.05) is 0 Å². The Bertz CT molecular complexity index is 401. The number of carbonyl (C=O) groups is 1. The third kappa shape index (κ3) is 2.07. The van der Waals surface area contributed by atoms with Crippen LogP contribution in [0.15, 0.2) is 10.5 Å². The van der Waals surface area contributed by atoms with Crippen LogP contribution in [0.25, 0.3) is 0 Å². The zero-order valence-corrected chi connectivity index (χ0v) is 10.2. The molecule has 0 amide bonds. The smallest absolute Gasteiger partial charge is 0.339 e. The van der Waals surface area contributed by atoms with E-state index in [1.54, 1.807) is 6.92 Å². The Morgan fingerprint density at radius 3 is 2.27 bits per heavy atom. The standard InChI is InChI=1S/C10H11BrO4/c1-5-4-6(10(12)13)9(15-3)7(11)8(5)14-2/h4H,1-3H3,(H,12,13). The molecule has 4 nitrogen and oxygen atoms in total. The highest BCUT2D eigenvalue weighted by Gasteiger charge is 2.19. The molecule has 1 N–H and O–H groups in total. The first kappa shape index (κ1) is 11.8. The molecule has 82 valence electrons. The Morgan fingerprint density at radius 2 is 1.87 bits per heavy atom. The van der Waals surface area contributed by atoms with E-state index in [2.05, 4.69) is 15.9 Å². The van der Waals surface area contributed by atoms with E-state index in [-0.39, 0.29) is 11.3 Å². The predicted octanol–water partition coefficient (Wildman–Crippen LogP) is 2.47. The summed E-state index contributed by atoms with van der Waals surface area (Å²) in [7, 11) is 2.94. The van der Waals surface area contributed by atoms with Gasteiger partial charge in [0.25, 0.3) is 0 Å². The van der Waals surface area contributed by atoms with E-state index in [1.807, 2.05) is 0 Å². The Labute approximate surface area is 95.9 Å². The maximum atomic E-state index is 10.9.